The number of hydrogen-bond donors (Lipinski definition) is 1. The van der Waals surface area contributed by atoms with E-state index < -0.39 is 0 Å². The largest absolute Gasteiger partial charge is 0.353 e. The molecule has 0 spiro atoms. The van der Waals surface area contributed by atoms with Crippen LogP contribution in [0.1, 0.15) is 27.7 Å². The first-order valence-electron chi connectivity index (χ1n) is 11.0. The van der Waals surface area contributed by atoms with Gasteiger partial charge in [0.15, 0.2) is 10.6 Å². The van der Waals surface area contributed by atoms with E-state index in [9.17, 15) is 4.79 Å². The predicted octanol–water partition coefficient (Wildman–Crippen LogP) is 4.14. The highest BCUT2D eigenvalue weighted by Gasteiger charge is 2.22. The monoisotopic (exact) mass is 498 g/mol. The highest BCUT2D eigenvalue weighted by molar-refractivity contribution is 7.71. The van der Waals surface area contributed by atoms with Gasteiger partial charge in [0.25, 0.3) is 0 Å². The van der Waals surface area contributed by atoms with Gasteiger partial charge in [0.1, 0.15) is 0 Å². The van der Waals surface area contributed by atoms with E-state index in [1.54, 1.807) is 6.07 Å². The van der Waals surface area contributed by atoms with Crippen LogP contribution in [0.15, 0.2) is 18.2 Å². The molecule has 1 aliphatic heterocycles. The molecule has 0 radical (unpaired) electrons. The number of piperazine rings is 1. The molecule has 0 aliphatic carbocycles. The van der Waals surface area contributed by atoms with E-state index >= 15 is 0 Å². The third kappa shape index (κ3) is 6.54. The molecule has 1 aromatic carbocycles. The average molecular weight is 500 g/mol. The summed E-state index contributed by atoms with van der Waals surface area (Å²) in [6.07, 6.45) is 0. The fourth-order valence-electron chi connectivity index (χ4n) is 3.78. The van der Waals surface area contributed by atoms with Gasteiger partial charge < -0.3 is 5.32 Å². The molecule has 32 heavy (non-hydrogen) atoms. The predicted molar refractivity (Wildman–Crippen MR) is 133 cm³/mol. The summed E-state index contributed by atoms with van der Waals surface area (Å²) in [6, 6.07) is 5.60. The first-order valence-corrected chi connectivity index (χ1v) is 12.2. The van der Waals surface area contributed by atoms with Crippen molar-refractivity contribution in [1.82, 2.24) is 29.5 Å². The Kier molecular flexibility index (Phi) is 8.75. The van der Waals surface area contributed by atoms with Gasteiger partial charge in [-0.1, -0.05) is 37.0 Å². The van der Waals surface area contributed by atoms with Gasteiger partial charge in [-0.05, 0) is 50.2 Å². The number of carbonyl (C=O) groups is 1. The molecule has 1 saturated heterocycles. The Labute approximate surface area is 205 Å². The van der Waals surface area contributed by atoms with Crippen molar-refractivity contribution in [1.29, 1.82) is 0 Å². The minimum absolute atomic E-state index is 0.0765. The molecule has 0 bridgehead atoms. The van der Waals surface area contributed by atoms with Crippen molar-refractivity contribution >= 4 is 41.3 Å². The van der Waals surface area contributed by atoms with Crippen molar-refractivity contribution in [3.63, 3.8) is 0 Å². The van der Waals surface area contributed by atoms with Gasteiger partial charge in [0, 0.05) is 49.4 Å². The molecule has 7 nitrogen and oxygen atoms in total. The minimum Gasteiger partial charge on any atom is -0.353 e. The van der Waals surface area contributed by atoms with Gasteiger partial charge in [0.2, 0.25) is 5.91 Å². The van der Waals surface area contributed by atoms with Gasteiger partial charge >= 0.3 is 0 Å². The van der Waals surface area contributed by atoms with E-state index in [4.69, 9.17) is 40.5 Å². The van der Waals surface area contributed by atoms with Crippen LogP contribution >= 0.6 is 35.4 Å². The van der Waals surface area contributed by atoms with E-state index in [1.807, 2.05) is 30.7 Å². The maximum Gasteiger partial charge on any atom is 0.234 e. The van der Waals surface area contributed by atoms with Crippen LogP contribution in [0.3, 0.4) is 0 Å². The number of carbonyl (C=O) groups excluding carboxylic acids is 1. The first-order chi connectivity index (χ1) is 15.1. The Morgan fingerprint density at radius 2 is 1.78 bits per heavy atom. The molecule has 10 heteroatoms. The molecule has 0 atom stereocenters. The Hall–Kier alpha value is -1.45. The van der Waals surface area contributed by atoms with Crippen LogP contribution in [0.4, 0.5) is 0 Å². The van der Waals surface area contributed by atoms with Crippen LogP contribution in [-0.2, 0) is 18.0 Å². The van der Waals surface area contributed by atoms with Crippen LogP contribution in [-0.4, -0.2) is 68.8 Å². The zero-order valence-corrected chi connectivity index (χ0v) is 21.5. The average Bonchev–Trinajstić information content (AvgIpc) is 2.98. The summed E-state index contributed by atoms with van der Waals surface area (Å²) in [5.41, 5.74) is 0.822. The molecule has 1 aliphatic rings. The molecule has 1 aromatic heterocycles. The van der Waals surface area contributed by atoms with Crippen molar-refractivity contribution in [3.05, 3.63) is 33.0 Å². The zero-order chi connectivity index (χ0) is 23.4. The van der Waals surface area contributed by atoms with Crippen molar-refractivity contribution in [2.45, 2.75) is 47.0 Å². The number of halogens is 2. The molecule has 1 amide bonds. The third-order valence-corrected chi connectivity index (χ3v) is 6.24. The Morgan fingerprint density at radius 3 is 2.38 bits per heavy atom. The van der Waals surface area contributed by atoms with Crippen LogP contribution in [0, 0.1) is 10.7 Å². The number of nitrogens with one attached hydrogen (secondary N) is 1. The molecule has 0 saturated carbocycles. The fraction of sp³-hybridized carbons (Fsp3) is 0.591. The van der Waals surface area contributed by atoms with E-state index in [1.165, 1.54) is 0 Å². The molecule has 2 aromatic rings. The molecule has 3 rings (SSSR count). The number of aromatic nitrogens is 3. The molecular formula is C22H32Cl2N6OS. The Balaban J connectivity index is 1.73. The first kappa shape index (κ1) is 25.2. The maximum absolute atomic E-state index is 12.0. The number of hydrogen-bond acceptors (Lipinski definition) is 5. The van der Waals surface area contributed by atoms with E-state index in [0.29, 0.717) is 33.9 Å². The van der Waals surface area contributed by atoms with Gasteiger partial charge in [-0.2, -0.15) is 5.10 Å². The molecule has 1 fully saturated rings. The van der Waals surface area contributed by atoms with Crippen LogP contribution in [0.5, 0.6) is 0 Å². The number of rotatable bonds is 8. The van der Waals surface area contributed by atoms with Crippen molar-refractivity contribution in [2.24, 2.45) is 5.92 Å². The summed E-state index contributed by atoms with van der Waals surface area (Å²) >= 11 is 18.4. The van der Waals surface area contributed by atoms with Crippen molar-refractivity contribution in [2.75, 3.05) is 32.7 Å². The SMILES string of the molecule is CC(C)Cn1c(-c2ccc(Cl)cc2Cl)nn(CN2CCN(CC(=O)NC(C)C)CC2)c1=S. The summed E-state index contributed by atoms with van der Waals surface area (Å²) < 4.78 is 4.61. The van der Waals surface area contributed by atoms with Gasteiger partial charge in [-0.15, -0.1) is 0 Å². The van der Waals surface area contributed by atoms with Gasteiger partial charge in [-0.25, -0.2) is 4.68 Å². The zero-order valence-electron chi connectivity index (χ0n) is 19.1. The van der Waals surface area contributed by atoms with E-state index in [0.717, 1.165) is 44.1 Å². The normalized spacial score (nSPS) is 15.6. The molecule has 0 unspecified atom stereocenters. The van der Waals surface area contributed by atoms with Crippen LogP contribution < -0.4 is 5.32 Å². The minimum atomic E-state index is 0.0765. The molecular weight excluding hydrogens is 467 g/mol. The van der Waals surface area contributed by atoms with Gasteiger partial charge in [0.05, 0.1) is 18.2 Å². The highest BCUT2D eigenvalue weighted by atomic mass is 35.5. The molecule has 1 N–H and O–H groups in total. The van der Waals surface area contributed by atoms with Crippen molar-refractivity contribution < 1.29 is 4.79 Å². The van der Waals surface area contributed by atoms with E-state index in [2.05, 4.69) is 33.5 Å². The highest BCUT2D eigenvalue weighted by Crippen LogP contribution is 2.30. The van der Waals surface area contributed by atoms with Crippen LogP contribution in [0.2, 0.25) is 10.0 Å². The lowest BCUT2D eigenvalue weighted by Gasteiger charge is -2.34. The lowest BCUT2D eigenvalue weighted by Crippen LogP contribution is -2.50. The lowest BCUT2D eigenvalue weighted by molar-refractivity contribution is -0.123. The molecule has 176 valence electrons. The summed E-state index contributed by atoms with van der Waals surface area (Å²) in [5, 5.41) is 8.95. The summed E-state index contributed by atoms with van der Waals surface area (Å²) in [5.74, 6) is 1.24. The van der Waals surface area contributed by atoms with Crippen molar-refractivity contribution in [3.8, 4) is 11.4 Å². The third-order valence-electron chi connectivity index (χ3n) is 5.26. The van der Waals surface area contributed by atoms with E-state index in [-0.39, 0.29) is 11.9 Å². The maximum atomic E-state index is 12.0. The lowest BCUT2D eigenvalue weighted by atomic mass is 10.2. The summed E-state index contributed by atoms with van der Waals surface area (Å²) in [6.45, 7) is 13.4. The smallest absolute Gasteiger partial charge is 0.234 e. The number of benzene rings is 1. The number of amides is 1. The topological polar surface area (TPSA) is 58.3 Å². The fourth-order valence-corrected chi connectivity index (χ4v) is 4.53. The standard InChI is InChI=1S/C22H32Cl2N6OS/c1-15(2)12-29-21(18-6-5-17(23)11-19(18)24)26-30(22(29)32)14-28-9-7-27(8-10-28)13-20(31)25-16(3)4/h5-6,11,15-16H,7-10,12-14H2,1-4H3,(H,25,31). The second-order valence-electron chi connectivity index (χ2n) is 8.99. The summed E-state index contributed by atoms with van der Waals surface area (Å²) in [7, 11) is 0. The summed E-state index contributed by atoms with van der Waals surface area (Å²) in [4.78, 5) is 16.5. The second kappa shape index (κ2) is 11.1. The second-order valence-corrected chi connectivity index (χ2v) is 10.2. The van der Waals surface area contributed by atoms with Crippen LogP contribution in [0.25, 0.3) is 11.4 Å². The Bertz CT molecular complexity index is 995. The Morgan fingerprint density at radius 1 is 1.12 bits per heavy atom. The molecule has 2 heterocycles. The number of nitrogens with zero attached hydrogens (tertiary/aromatic N) is 5. The van der Waals surface area contributed by atoms with Gasteiger partial charge in [-0.3, -0.25) is 19.2 Å². The quantitative estimate of drug-likeness (QED) is 0.554.